The minimum atomic E-state index is -0.361. The number of hydrogen-bond acceptors (Lipinski definition) is 5. The van der Waals surface area contributed by atoms with Crippen molar-refractivity contribution in [1.82, 2.24) is 4.57 Å². The van der Waals surface area contributed by atoms with Crippen LogP contribution in [0.2, 0.25) is 0 Å². The number of carbonyl (C=O) groups excluding carboxylic acids is 2. The molecule has 0 radical (unpaired) electrons. The number of hydrogen-bond donors (Lipinski definition) is 0. The van der Waals surface area contributed by atoms with Crippen LogP contribution in [0.15, 0.2) is 84.0 Å². The molecule has 0 amide bonds. The highest BCUT2D eigenvalue weighted by atomic mass is 16.5. The van der Waals surface area contributed by atoms with Gasteiger partial charge in [0, 0.05) is 35.4 Å². The van der Waals surface area contributed by atoms with Gasteiger partial charge in [-0.25, -0.2) is 9.59 Å². The molecule has 3 aromatic carbocycles. The van der Waals surface area contributed by atoms with Crippen LogP contribution in [-0.4, -0.2) is 36.4 Å². The van der Waals surface area contributed by atoms with E-state index < -0.39 is 0 Å². The van der Waals surface area contributed by atoms with Crippen molar-refractivity contribution in [3.63, 3.8) is 0 Å². The molecule has 4 rings (SSSR count). The lowest BCUT2D eigenvalue weighted by Crippen LogP contribution is -2.04. The summed E-state index contributed by atoms with van der Waals surface area (Å²) < 4.78 is 12.0. The molecule has 0 aliphatic carbocycles. The smallest absolute Gasteiger partial charge is 0.338 e. The van der Waals surface area contributed by atoms with Crippen molar-refractivity contribution >= 4 is 34.7 Å². The molecule has 0 fully saturated rings. The van der Waals surface area contributed by atoms with Gasteiger partial charge in [0.2, 0.25) is 0 Å². The van der Waals surface area contributed by atoms with E-state index in [1.807, 2.05) is 48.7 Å². The minimum absolute atomic E-state index is 0.328. The average Bonchev–Trinajstić information content (AvgIpc) is 3.20. The fourth-order valence-electron chi connectivity index (χ4n) is 3.69. The molecular formula is C27H24N2O4. The maximum atomic E-state index is 12.0. The Kier molecular flexibility index (Phi) is 6.64. The van der Waals surface area contributed by atoms with Gasteiger partial charge < -0.3 is 14.0 Å². The summed E-state index contributed by atoms with van der Waals surface area (Å²) in [5.41, 5.74) is 4.67. The van der Waals surface area contributed by atoms with Gasteiger partial charge in [-0.05, 0) is 48.9 Å². The van der Waals surface area contributed by atoms with Crippen LogP contribution in [-0.2, 0) is 16.0 Å². The second kappa shape index (κ2) is 9.96. The summed E-state index contributed by atoms with van der Waals surface area (Å²) in [4.78, 5) is 28.5. The number of aromatic nitrogens is 1. The second-order valence-electron chi connectivity index (χ2n) is 7.45. The maximum absolute atomic E-state index is 12.0. The lowest BCUT2D eigenvalue weighted by Gasteiger charge is -2.07. The normalized spacial score (nSPS) is 11.1. The van der Waals surface area contributed by atoms with Crippen molar-refractivity contribution < 1.29 is 19.1 Å². The Morgan fingerprint density at radius 3 is 2.48 bits per heavy atom. The quantitative estimate of drug-likeness (QED) is 0.285. The fraction of sp³-hybridized carbons (Fsp3) is 0.148. The molecule has 33 heavy (non-hydrogen) atoms. The van der Waals surface area contributed by atoms with E-state index in [0.717, 1.165) is 22.0 Å². The summed E-state index contributed by atoms with van der Waals surface area (Å²) in [7, 11) is 1.38. The summed E-state index contributed by atoms with van der Waals surface area (Å²) >= 11 is 0. The van der Waals surface area contributed by atoms with Crippen molar-refractivity contribution in [2.45, 2.75) is 13.5 Å². The number of aliphatic imine (C=N–C) groups is 1. The number of fused-ring (bicyclic) bond motifs is 1. The van der Waals surface area contributed by atoms with Crippen LogP contribution < -0.4 is 0 Å². The molecule has 0 atom stereocenters. The van der Waals surface area contributed by atoms with Crippen molar-refractivity contribution in [1.29, 1.82) is 0 Å². The molecule has 6 nitrogen and oxygen atoms in total. The number of para-hydroxylation sites is 1. The molecule has 0 spiro atoms. The van der Waals surface area contributed by atoms with E-state index in [1.54, 1.807) is 37.4 Å². The Bertz CT molecular complexity index is 1340. The number of rotatable bonds is 7. The Labute approximate surface area is 192 Å². The van der Waals surface area contributed by atoms with Gasteiger partial charge in [0.25, 0.3) is 0 Å². The number of ether oxygens (including phenoxy) is 2. The fourth-order valence-corrected chi connectivity index (χ4v) is 3.69. The van der Waals surface area contributed by atoms with Crippen LogP contribution in [0.1, 0.15) is 38.8 Å². The van der Waals surface area contributed by atoms with Gasteiger partial charge in [-0.1, -0.05) is 36.4 Å². The summed E-state index contributed by atoms with van der Waals surface area (Å²) in [6, 6.07) is 22.6. The first kappa shape index (κ1) is 22.0. The van der Waals surface area contributed by atoms with E-state index in [2.05, 4.69) is 15.6 Å². The number of methoxy groups -OCH3 is 1. The van der Waals surface area contributed by atoms with Gasteiger partial charge in [0.15, 0.2) is 0 Å². The van der Waals surface area contributed by atoms with E-state index >= 15 is 0 Å². The number of carbonyl (C=O) groups is 2. The van der Waals surface area contributed by atoms with Crippen LogP contribution in [0.25, 0.3) is 10.9 Å². The highest BCUT2D eigenvalue weighted by molar-refractivity contribution is 6.00. The van der Waals surface area contributed by atoms with E-state index in [-0.39, 0.29) is 11.9 Å². The molecule has 0 aliphatic heterocycles. The molecule has 1 heterocycles. The molecule has 1 aromatic heterocycles. The van der Waals surface area contributed by atoms with Crippen LogP contribution in [0, 0.1) is 0 Å². The Hall–Kier alpha value is -4.19. The SMILES string of the molecule is CCOC(=O)c1cccc(N=Cc2cn(Cc3cccc(C(=O)OC)c3)c3ccccc23)c1. The highest BCUT2D eigenvalue weighted by Crippen LogP contribution is 2.23. The van der Waals surface area contributed by atoms with Gasteiger partial charge in [0.05, 0.1) is 30.5 Å². The van der Waals surface area contributed by atoms with Crippen molar-refractivity contribution in [2.75, 3.05) is 13.7 Å². The van der Waals surface area contributed by atoms with E-state index in [4.69, 9.17) is 9.47 Å². The maximum Gasteiger partial charge on any atom is 0.338 e. The van der Waals surface area contributed by atoms with Crippen LogP contribution in [0.3, 0.4) is 0 Å². The monoisotopic (exact) mass is 440 g/mol. The zero-order valence-electron chi connectivity index (χ0n) is 18.5. The summed E-state index contributed by atoms with van der Waals surface area (Å²) in [6.45, 7) is 2.70. The molecule has 0 bridgehead atoms. The minimum Gasteiger partial charge on any atom is -0.465 e. The van der Waals surface area contributed by atoms with E-state index in [0.29, 0.717) is 30.0 Å². The molecule has 0 N–H and O–H groups in total. The Morgan fingerprint density at radius 2 is 1.70 bits per heavy atom. The number of benzene rings is 3. The first-order chi connectivity index (χ1) is 16.1. The van der Waals surface area contributed by atoms with Gasteiger partial charge in [-0.15, -0.1) is 0 Å². The standard InChI is InChI=1S/C27H24N2O4/c1-3-33-27(31)21-10-7-11-23(15-21)28-16-22-18-29(25-13-5-4-12-24(22)25)17-19-8-6-9-20(14-19)26(30)32-2/h4-16,18H,3,17H2,1-2H3. The van der Waals surface area contributed by atoms with Gasteiger partial charge in [-0.3, -0.25) is 4.99 Å². The van der Waals surface area contributed by atoms with Gasteiger partial charge in [0.1, 0.15) is 0 Å². The molecule has 6 heteroatoms. The van der Waals surface area contributed by atoms with Crippen LogP contribution in [0.4, 0.5) is 5.69 Å². The lowest BCUT2D eigenvalue weighted by molar-refractivity contribution is 0.0525. The van der Waals surface area contributed by atoms with E-state index in [1.165, 1.54) is 7.11 Å². The molecule has 0 aliphatic rings. The largest absolute Gasteiger partial charge is 0.465 e. The molecule has 0 unspecified atom stereocenters. The topological polar surface area (TPSA) is 69.9 Å². The third-order valence-corrected chi connectivity index (χ3v) is 5.23. The Balaban J connectivity index is 1.64. The average molecular weight is 440 g/mol. The third-order valence-electron chi connectivity index (χ3n) is 5.23. The number of esters is 2. The summed E-state index contributed by atoms with van der Waals surface area (Å²) in [5, 5.41) is 1.06. The van der Waals surface area contributed by atoms with Crippen molar-refractivity contribution in [2.24, 2.45) is 4.99 Å². The third kappa shape index (κ3) is 5.01. The molecule has 0 saturated carbocycles. The molecule has 4 aromatic rings. The van der Waals surface area contributed by atoms with Gasteiger partial charge in [-0.2, -0.15) is 0 Å². The zero-order chi connectivity index (χ0) is 23.2. The summed E-state index contributed by atoms with van der Waals surface area (Å²) in [5.74, 6) is -0.715. The van der Waals surface area contributed by atoms with E-state index in [9.17, 15) is 9.59 Å². The zero-order valence-corrected chi connectivity index (χ0v) is 18.5. The lowest BCUT2D eigenvalue weighted by atomic mass is 10.1. The van der Waals surface area contributed by atoms with Crippen LogP contribution in [0.5, 0.6) is 0 Å². The molecule has 166 valence electrons. The first-order valence-electron chi connectivity index (χ1n) is 10.7. The molecule has 0 saturated heterocycles. The Morgan fingerprint density at radius 1 is 0.939 bits per heavy atom. The van der Waals surface area contributed by atoms with Crippen molar-refractivity contribution in [3.8, 4) is 0 Å². The highest BCUT2D eigenvalue weighted by Gasteiger charge is 2.10. The summed E-state index contributed by atoms with van der Waals surface area (Å²) in [6.07, 6.45) is 3.84. The first-order valence-corrected chi connectivity index (χ1v) is 10.7. The van der Waals surface area contributed by atoms with Crippen LogP contribution >= 0.6 is 0 Å². The predicted molar refractivity (Wildman–Crippen MR) is 128 cm³/mol. The predicted octanol–water partition coefficient (Wildman–Crippen LogP) is 5.40. The van der Waals surface area contributed by atoms with Gasteiger partial charge >= 0.3 is 11.9 Å². The number of nitrogens with zero attached hydrogens (tertiary/aromatic N) is 2. The molecular weight excluding hydrogens is 416 g/mol. The second-order valence-corrected chi connectivity index (χ2v) is 7.45. The van der Waals surface area contributed by atoms with Crippen molar-refractivity contribution in [3.05, 3.63) is 101 Å².